The number of aryl methyl sites for hydroxylation is 1. The van der Waals surface area contributed by atoms with Crippen LogP contribution in [0.5, 0.6) is 0 Å². The van der Waals surface area contributed by atoms with E-state index in [9.17, 15) is 0 Å². The van der Waals surface area contributed by atoms with Gasteiger partial charge in [0.25, 0.3) is 0 Å². The van der Waals surface area contributed by atoms with Crippen molar-refractivity contribution in [2.24, 2.45) is 0 Å². The molecule has 0 saturated carbocycles. The predicted molar refractivity (Wildman–Crippen MR) is 72.2 cm³/mol. The van der Waals surface area contributed by atoms with Crippen molar-refractivity contribution >= 4 is 23.4 Å². The molecule has 0 aromatic heterocycles. The Morgan fingerprint density at radius 1 is 0.938 bits per heavy atom. The van der Waals surface area contributed by atoms with E-state index in [1.54, 1.807) is 0 Å². The number of rotatable bonds is 3. The maximum atomic E-state index is 5.84. The van der Waals surface area contributed by atoms with E-state index in [0.717, 1.165) is 10.8 Å². The summed E-state index contributed by atoms with van der Waals surface area (Å²) in [6, 6.07) is 16.6. The third-order valence-electron chi connectivity index (χ3n) is 2.34. The van der Waals surface area contributed by atoms with Gasteiger partial charge in [0.1, 0.15) is 0 Å². The van der Waals surface area contributed by atoms with E-state index in [2.05, 4.69) is 43.3 Å². The van der Waals surface area contributed by atoms with Crippen LogP contribution in [0.3, 0.4) is 0 Å². The number of halogens is 1. The van der Waals surface area contributed by atoms with E-state index in [1.165, 1.54) is 16.0 Å². The summed E-state index contributed by atoms with van der Waals surface area (Å²) in [4.78, 5) is 1.31. The lowest BCUT2D eigenvalue weighted by Crippen LogP contribution is -1.80. The zero-order valence-electron chi connectivity index (χ0n) is 9.11. The quantitative estimate of drug-likeness (QED) is 0.694. The van der Waals surface area contributed by atoms with Gasteiger partial charge in [-0.1, -0.05) is 41.4 Å². The summed E-state index contributed by atoms with van der Waals surface area (Å²) in [6.45, 7) is 2.10. The van der Waals surface area contributed by atoms with Gasteiger partial charge in [0.05, 0.1) is 0 Å². The van der Waals surface area contributed by atoms with Crippen LogP contribution in [-0.4, -0.2) is 0 Å². The van der Waals surface area contributed by atoms with Crippen LogP contribution in [0.1, 0.15) is 11.1 Å². The maximum absolute atomic E-state index is 5.84. The van der Waals surface area contributed by atoms with Crippen LogP contribution in [0.15, 0.2) is 53.4 Å². The van der Waals surface area contributed by atoms with Crippen molar-refractivity contribution in [1.29, 1.82) is 0 Å². The van der Waals surface area contributed by atoms with Crippen molar-refractivity contribution in [1.82, 2.24) is 0 Å². The minimum Gasteiger partial charge on any atom is -0.121 e. The first-order valence-electron chi connectivity index (χ1n) is 5.18. The highest BCUT2D eigenvalue weighted by molar-refractivity contribution is 7.98. The molecule has 82 valence electrons. The molecular formula is C14H13ClS. The molecule has 16 heavy (non-hydrogen) atoms. The molecule has 2 aromatic carbocycles. The van der Waals surface area contributed by atoms with Crippen molar-refractivity contribution in [3.63, 3.8) is 0 Å². The van der Waals surface area contributed by atoms with Gasteiger partial charge in [0.15, 0.2) is 0 Å². The minimum absolute atomic E-state index is 0.795. The summed E-state index contributed by atoms with van der Waals surface area (Å²) >= 11 is 7.68. The lowest BCUT2D eigenvalue weighted by Gasteiger charge is -2.02. The summed E-state index contributed by atoms with van der Waals surface area (Å²) in [5, 5.41) is 0.795. The Bertz CT molecular complexity index is 400. The molecule has 0 aliphatic heterocycles. The molecule has 0 nitrogen and oxygen atoms in total. The number of benzene rings is 2. The average Bonchev–Trinajstić information content (AvgIpc) is 2.30. The van der Waals surface area contributed by atoms with Gasteiger partial charge in [-0.25, -0.2) is 0 Å². The Morgan fingerprint density at radius 3 is 2.19 bits per heavy atom. The Hall–Kier alpha value is -0.920. The minimum atomic E-state index is 0.795. The first-order valence-corrected chi connectivity index (χ1v) is 6.54. The first kappa shape index (κ1) is 11.6. The highest BCUT2D eigenvalue weighted by atomic mass is 35.5. The zero-order valence-corrected chi connectivity index (χ0v) is 10.7. The molecule has 0 aliphatic rings. The number of hydrogen-bond acceptors (Lipinski definition) is 1. The Labute approximate surface area is 106 Å². The average molecular weight is 249 g/mol. The van der Waals surface area contributed by atoms with Crippen molar-refractivity contribution in [3.05, 3.63) is 64.7 Å². The van der Waals surface area contributed by atoms with Crippen molar-refractivity contribution in [3.8, 4) is 0 Å². The van der Waals surface area contributed by atoms with Crippen LogP contribution in [0.2, 0.25) is 5.02 Å². The van der Waals surface area contributed by atoms with E-state index in [-0.39, 0.29) is 0 Å². The Morgan fingerprint density at radius 2 is 1.56 bits per heavy atom. The second-order valence-electron chi connectivity index (χ2n) is 3.73. The van der Waals surface area contributed by atoms with Gasteiger partial charge in [-0.2, -0.15) is 0 Å². The molecule has 0 atom stereocenters. The fourth-order valence-electron chi connectivity index (χ4n) is 1.38. The standard InChI is InChI=1S/C14H13ClS/c1-11-2-8-14(9-3-11)16-10-12-4-6-13(15)7-5-12/h2-9H,10H2,1H3. The summed E-state index contributed by atoms with van der Waals surface area (Å²) < 4.78 is 0. The molecule has 2 aromatic rings. The van der Waals surface area contributed by atoms with Crippen LogP contribution in [0, 0.1) is 6.92 Å². The molecule has 0 bridgehead atoms. The zero-order chi connectivity index (χ0) is 11.4. The highest BCUT2D eigenvalue weighted by Crippen LogP contribution is 2.23. The van der Waals surface area contributed by atoms with Crippen molar-refractivity contribution < 1.29 is 0 Å². The smallest absolute Gasteiger partial charge is 0.0406 e. The number of thioether (sulfide) groups is 1. The van der Waals surface area contributed by atoms with E-state index in [4.69, 9.17) is 11.6 Å². The summed E-state index contributed by atoms with van der Waals surface area (Å²) in [5.74, 6) is 0.986. The molecule has 0 aliphatic carbocycles. The molecule has 2 rings (SSSR count). The molecule has 0 fully saturated rings. The van der Waals surface area contributed by atoms with Crippen LogP contribution in [0.4, 0.5) is 0 Å². The molecule has 0 amide bonds. The molecular weight excluding hydrogens is 236 g/mol. The third-order valence-corrected chi connectivity index (χ3v) is 3.67. The highest BCUT2D eigenvalue weighted by Gasteiger charge is 1.96. The maximum Gasteiger partial charge on any atom is 0.0406 e. The fourth-order valence-corrected chi connectivity index (χ4v) is 2.36. The van der Waals surface area contributed by atoms with Crippen LogP contribution < -0.4 is 0 Å². The van der Waals surface area contributed by atoms with Crippen LogP contribution >= 0.6 is 23.4 Å². The van der Waals surface area contributed by atoms with Gasteiger partial charge >= 0.3 is 0 Å². The topological polar surface area (TPSA) is 0 Å². The Balaban J connectivity index is 1.97. The normalized spacial score (nSPS) is 10.4. The lowest BCUT2D eigenvalue weighted by molar-refractivity contribution is 1.35. The molecule has 0 heterocycles. The van der Waals surface area contributed by atoms with Gasteiger partial charge in [-0.15, -0.1) is 11.8 Å². The first-order chi connectivity index (χ1) is 7.74. The monoisotopic (exact) mass is 248 g/mol. The fraction of sp³-hybridized carbons (Fsp3) is 0.143. The largest absolute Gasteiger partial charge is 0.121 e. The molecule has 0 radical (unpaired) electrons. The van der Waals surface area contributed by atoms with Crippen LogP contribution in [-0.2, 0) is 5.75 Å². The third kappa shape index (κ3) is 3.29. The van der Waals surface area contributed by atoms with Gasteiger partial charge in [0.2, 0.25) is 0 Å². The lowest BCUT2D eigenvalue weighted by atomic mass is 10.2. The van der Waals surface area contributed by atoms with Gasteiger partial charge in [-0.05, 0) is 36.8 Å². The van der Waals surface area contributed by atoms with Gasteiger partial charge in [0, 0.05) is 15.7 Å². The molecule has 0 N–H and O–H groups in total. The molecule has 0 saturated heterocycles. The van der Waals surface area contributed by atoms with E-state index < -0.39 is 0 Å². The van der Waals surface area contributed by atoms with Crippen molar-refractivity contribution in [2.45, 2.75) is 17.6 Å². The number of hydrogen-bond donors (Lipinski definition) is 0. The Kier molecular flexibility index (Phi) is 3.92. The van der Waals surface area contributed by atoms with Gasteiger partial charge in [-0.3, -0.25) is 0 Å². The molecule has 0 unspecified atom stereocenters. The second kappa shape index (κ2) is 5.42. The van der Waals surface area contributed by atoms with E-state index in [1.807, 2.05) is 23.9 Å². The second-order valence-corrected chi connectivity index (χ2v) is 5.21. The van der Waals surface area contributed by atoms with Crippen LogP contribution in [0.25, 0.3) is 0 Å². The SMILES string of the molecule is Cc1ccc(SCc2ccc(Cl)cc2)cc1. The van der Waals surface area contributed by atoms with E-state index in [0.29, 0.717) is 0 Å². The summed E-state index contributed by atoms with van der Waals surface area (Å²) in [5.41, 5.74) is 2.60. The van der Waals surface area contributed by atoms with Gasteiger partial charge < -0.3 is 0 Å². The van der Waals surface area contributed by atoms with E-state index >= 15 is 0 Å². The molecule has 2 heteroatoms. The van der Waals surface area contributed by atoms with Crippen molar-refractivity contribution in [2.75, 3.05) is 0 Å². The summed E-state index contributed by atoms with van der Waals surface area (Å²) in [7, 11) is 0. The molecule has 0 spiro atoms. The predicted octanol–water partition coefficient (Wildman–Crippen LogP) is 4.94. The summed E-state index contributed by atoms with van der Waals surface area (Å²) in [6.07, 6.45) is 0.